The molecule has 5 nitrogen and oxygen atoms in total. The van der Waals surface area contributed by atoms with Crippen LogP contribution >= 0.6 is 11.3 Å². The molecule has 0 spiro atoms. The zero-order chi connectivity index (χ0) is 14.0. The maximum Gasteiger partial charge on any atom is 0.271 e. The van der Waals surface area contributed by atoms with E-state index in [2.05, 4.69) is 10.4 Å². The lowest BCUT2D eigenvalue weighted by atomic mass is 10.2. The van der Waals surface area contributed by atoms with Crippen molar-refractivity contribution in [2.45, 2.75) is 26.8 Å². The van der Waals surface area contributed by atoms with Crippen molar-refractivity contribution >= 4 is 22.9 Å². The average molecular weight is 278 g/mol. The molecule has 2 aromatic rings. The van der Waals surface area contributed by atoms with Crippen LogP contribution in [-0.4, -0.2) is 15.7 Å². The van der Waals surface area contributed by atoms with Crippen molar-refractivity contribution in [2.24, 2.45) is 7.05 Å². The van der Waals surface area contributed by atoms with Crippen molar-refractivity contribution < 1.29 is 4.79 Å². The molecular formula is C13H18N4OS. The summed E-state index contributed by atoms with van der Waals surface area (Å²) in [6.45, 7) is 4.53. The smallest absolute Gasteiger partial charge is 0.271 e. The Labute approximate surface area is 116 Å². The number of hydrogen-bond acceptors (Lipinski definition) is 4. The molecule has 2 aromatic heterocycles. The van der Waals surface area contributed by atoms with Crippen LogP contribution in [0.15, 0.2) is 12.1 Å². The summed E-state index contributed by atoms with van der Waals surface area (Å²) in [5.74, 6) is -0.182. The van der Waals surface area contributed by atoms with E-state index in [1.54, 1.807) is 23.1 Å². The number of nitrogens with two attached hydrogens (primary N) is 1. The monoisotopic (exact) mass is 278 g/mol. The van der Waals surface area contributed by atoms with E-state index >= 15 is 0 Å². The number of aromatic nitrogens is 2. The lowest BCUT2D eigenvalue weighted by Gasteiger charge is -2.05. The van der Waals surface area contributed by atoms with Gasteiger partial charge in [-0.1, -0.05) is 6.92 Å². The van der Waals surface area contributed by atoms with E-state index in [0.29, 0.717) is 17.9 Å². The minimum Gasteiger partial charge on any atom is -0.395 e. The average Bonchev–Trinajstić information content (AvgIpc) is 2.90. The fraction of sp³-hybridized carbons (Fsp3) is 0.385. The number of nitrogens with one attached hydrogen (secondary N) is 1. The Morgan fingerprint density at radius 1 is 1.53 bits per heavy atom. The highest BCUT2D eigenvalue weighted by molar-refractivity contribution is 7.11. The summed E-state index contributed by atoms with van der Waals surface area (Å²) in [5, 5.41) is 7.12. The number of anilines is 1. The molecule has 0 aromatic carbocycles. The van der Waals surface area contributed by atoms with Gasteiger partial charge in [0.25, 0.3) is 5.91 Å². The van der Waals surface area contributed by atoms with Crippen molar-refractivity contribution in [3.63, 3.8) is 0 Å². The molecule has 0 fully saturated rings. The number of aryl methyl sites for hydroxylation is 3. The van der Waals surface area contributed by atoms with Crippen LogP contribution in [0.4, 0.5) is 5.69 Å². The molecule has 0 radical (unpaired) electrons. The zero-order valence-electron chi connectivity index (χ0n) is 11.4. The first-order valence-corrected chi connectivity index (χ1v) is 6.99. The molecule has 6 heteroatoms. The van der Waals surface area contributed by atoms with Crippen molar-refractivity contribution in [3.8, 4) is 0 Å². The second-order valence-corrected chi connectivity index (χ2v) is 5.75. The third kappa shape index (κ3) is 2.78. The molecule has 0 aliphatic carbocycles. The number of nitrogen functional groups attached to an aromatic ring is 1. The summed E-state index contributed by atoms with van der Waals surface area (Å²) in [4.78, 5) is 14.5. The highest BCUT2D eigenvalue weighted by Crippen LogP contribution is 2.18. The van der Waals surface area contributed by atoms with Gasteiger partial charge >= 0.3 is 0 Å². The van der Waals surface area contributed by atoms with Crippen LogP contribution in [0, 0.1) is 6.92 Å². The van der Waals surface area contributed by atoms with Crippen LogP contribution in [0.25, 0.3) is 0 Å². The molecule has 0 saturated carbocycles. The third-order valence-electron chi connectivity index (χ3n) is 2.93. The molecule has 3 N–H and O–H groups in total. The fourth-order valence-corrected chi connectivity index (χ4v) is 2.79. The molecule has 0 bridgehead atoms. The number of nitrogens with zero attached hydrogens (tertiary/aromatic N) is 2. The number of amides is 1. The summed E-state index contributed by atoms with van der Waals surface area (Å²) in [7, 11) is 1.74. The summed E-state index contributed by atoms with van der Waals surface area (Å²) in [6.07, 6.45) is 0.719. The molecule has 19 heavy (non-hydrogen) atoms. The molecule has 2 rings (SSSR count). The fourth-order valence-electron chi connectivity index (χ4n) is 1.96. The number of carbonyl (C=O) groups is 1. The minimum absolute atomic E-state index is 0.182. The Morgan fingerprint density at radius 3 is 2.79 bits per heavy atom. The zero-order valence-corrected chi connectivity index (χ0v) is 12.2. The Balaban J connectivity index is 2.10. The molecule has 0 aliphatic rings. The first-order chi connectivity index (χ1) is 9.02. The van der Waals surface area contributed by atoms with Gasteiger partial charge in [-0.05, 0) is 25.5 Å². The highest BCUT2D eigenvalue weighted by Gasteiger charge is 2.18. The van der Waals surface area contributed by atoms with Crippen LogP contribution in [0.2, 0.25) is 0 Å². The molecular weight excluding hydrogens is 260 g/mol. The van der Waals surface area contributed by atoms with Gasteiger partial charge in [-0.25, -0.2) is 0 Å². The number of rotatable bonds is 4. The normalized spacial score (nSPS) is 10.7. The second-order valence-electron chi connectivity index (χ2n) is 4.38. The third-order valence-corrected chi connectivity index (χ3v) is 3.93. The predicted octanol–water partition coefficient (Wildman–Crippen LogP) is 1.86. The Kier molecular flexibility index (Phi) is 3.90. The van der Waals surface area contributed by atoms with Crippen LogP contribution in [0.1, 0.15) is 32.9 Å². The van der Waals surface area contributed by atoms with Gasteiger partial charge < -0.3 is 11.1 Å². The van der Waals surface area contributed by atoms with E-state index in [1.807, 2.05) is 26.0 Å². The van der Waals surface area contributed by atoms with Crippen molar-refractivity contribution in [3.05, 3.63) is 33.3 Å². The maximum atomic E-state index is 12.1. The summed E-state index contributed by atoms with van der Waals surface area (Å²) in [6, 6.07) is 4.06. The number of carbonyl (C=O) groups excluding carboxylic acids is 1. The lowest BCUT2D eigenvalue weighted by molar-refractivity contribution is 0.0943. The van der Waals surface area contributed by atoms with Gasteiger partial charge in [0, 0.05) is 16.8 Å². The lowest BCUT2D eigenvalue weighted by Crippen LogP contribution is -2.25. The van der Waals surface area contributed by atoms with Crippen LogP contribution < -0.4 is 11.1 Å². The molecule has 0 atom stereocenters. The first kappa shape index (κ1) is 13.6. The number of thiophene rings is 1. The van der Waals surface area contributed by atoms with E-state index in [9.17, 15) is 4.79 Å². The molecule has 1 amide bonds. The second kappa shape index (κ2) is 5.44. The van der Waals surface area contributed by atoms with Gasteiger partial charge in [-0.2, -0.15) is 5.10 Å². The first-order valence-electron chi connectivity index (χ1n) is 6.17. The van der Waals surface area contributed by atoms with Crippen LogP contribution in [-0.2, 0) is 20.0 Å². The summed E-state index contributed by atoms with van der Waals surface area (Å²) < 4.78 is 1.54. The van der Waals surface area contributed by atoms with Gasteiger partial charge in [0.05, 0.1) is 17.9 Å². The van der Waals surface area contributed by atoms with Crippen LogP contribution in [0.3, 0.4) is 0 Å². The molecule has 102 valence electrons. The molecule has 0 unspecified atom stereocenters. The van der Waals surface area contributed by atoms with Crippen molar-refractivity contribution in [1.82, 2.24) is 15.1 Å². The Hall–Kier alpha value is -1.82. The summed E-state index contributed by atoms with van der Waals surface area (Å²) >= 11 is 1.67. The Bertz CT molecular complexity index is 600. The minimum atomic E-state index is -0.182. The van der Waals surface area contributed by atoms with Gasteiger partial charge in [0.15, 0.2) is 0 Å². The van der Waals surface area contributed by atoms with Gasteiger partial charge in [-0.15, -0.1) is 11.3 Å². The van der Waals surface area contributed by atoms with E-state index < -0.39 is 0 Å². The molecule has 2 heterocycles. The van der Waals surface area contributed by atoms with Crippen LogP contribution in [0.5, 0.6) is 0 Å². The topological polar surface area (TPSA) is 72.9 Å². The highest BCUT2D eigenvalue weighted by atomic mass is 32.1. The van der Waals surface area contributed by atoms with Gasteiger partial charge in [0.1, 0.15) is 5.69 Å². The van der Waals surface area contributed by atoms with E-state index in [4.69, 9.17) is 5.73 Å². The predicted molar refractivity (Wildman–Crippen MR) is 77.2 cm³/mol. The Morgan fingerprint density at radius 2 is 2.26 bits per heavy atom. The van der Waals surface area contributed by atoms with E-state index in [1.165, 1.54) is 4.88 Å². The largest absolute Gasteiger partial charge is 0.395 e. The van der Waals surface area contributed by atoms with Gasteiger partial charge in [0.2, 0.25) is 0 Å². The SMILES string of the molecule is CCc1nn(C)c(C(=O)NCc2ccc(C)s2)c1N. The molecule has 0 saturated heterocycles. The standard InChI is InChI=1S/C13H18N4OS/c1-4-10-11(14)12(17(3)16-10)13(18)15-7-9-6-5-8(2)19-9/h5-6H,4,7,14H2,1-3H3,(H,15,18). The van der Waals surface area contributed by atoms with E-state index in [0.717, 1.165) is 17.0 Å². The van der Waals surface area contributed by atoms with Crippen molar-refractivity contribution in [1.29, 1.82) is 0 Å². The summed E-state index contributed by atoms with van der Waals surface area (Å²) in [5.41, 5.74) is 7.62. The van der Waals surface area contributed by atoms with Crippen molar-refractivity contribution in [2.75, 3.05) is 5.73 Å². The quantitative estimate of drug-likeness (QED) is 0.896. The molecule has 0 aliphatic heterocycles. The van der Waals surface area contributed by atoms with Gasteiger partial charge in [-0.3, -0.25) is 9.48 Å². The van der Waals surface area contributed by atoms with E-state index in [-0.39, 0.29) is 5.91 Å². The maximum absolute atomic E-state index is 12.1. The number of hydrogen-bond donors (Lipinski definition) is 2.